The van der Waals surface area contributed by atoms with E-state index in [1.54, 1.807) is 16.4 Å². The van der Waals surface area contributed by atoms with Crippen LogP contribution in [0.15, 0.2) is 9.70 Å². The molecule has 0 radical (unpaired) electrons. The van der Waals surface area contributed by atoms with Gasteiger partial charge in [0.25, 0.3) is 11.5 Å². The summed E-state index contributed by atoms with van der Waals surface area (Å²) in [6.07, 6.45) is 3.20. The zero-order valence-electron chi connectivity index (χ0n) is 21.1. The van der Waals surface area contributed by atoms with Crippen LogP contribution >= 0.6 is 24.0 Å². The number of pyridine rings is 1. The molecule has 3 rings (SSSR count). The van der Waals surface area contributed by atoms with Crippen molar-refractivity contribution in [1.82, 2.24) is 9.47 Å². The van der Waals surface area contributed by atoms with Crippen LogP contribution in [0.4, 0.5) is 5.82 Å². The third-order valence-electron chi connectivity index (χ3n) is 6.04. The molecule has 0 aromatic carbocycles. The van der Waals surface area contributed by atoms with E-state index in [-0.39, 0.29) is 29.2 Å². The highest BCUT2D eigenvalue weighted by molar-refractivity contribution is 8.26. The topological polar surface area (TPSA) is 87.8 Å². The summed E-state index contributed by atoms with van der Waals surface area (Å²) < 4.78 is 13.5. The average Bonchev–Trinajstić information content (AvgIpc) is 3.06. The molecule has 1 amide bonds. The van der Waals surface area contributed by atoms with Crippen LogP contribution in [0.5, 0.6) is 0 Å². The van der Waals surface area contributed by atoms with Gasteiger partial charge in [-0.15, -0.1) is 0 Å². The number of nitrogens with zero attached hydrogens (tertiary/aromatic N) is 4. The second-order valence-corrected chi connectivity index (χ2v) is 10.5. The predicted octanol–water partition coefficient (Wildman–Crippen LogP) is 3.68. The van der Waals surface area contributed by atoms with Gasteiger partial charge in [0, 0.05) is 45.0 Å². The number of nitriles is 1. The molecule has 8 nitrogen and oxygen atoms in total. The first-order valence-electron chi connectivity index (χ1n) is 12.1. The van der Waals surface area contributed by atoms with E-state index >= 15 is 0 Å². The Balaban J connectivity index is 2.12. The predicted molar refractivity (Wildman–Crippen MR) is 144 cm³/mol. The number of thioether (sulfide) groups is 1. The minimum atomic E-state index is -0.297. The number of carbonyl (C=O) groups excluding carboxylic acids is 1. The highest BCUT2D eigenvalue weighted by atomic mass is 32.2. The Morgan fingerprint density at radius 3 is 2.51 bits per heavy atom. The number of thiocarbonyl (C=S) groups is 1. The fourth-order valence-corrected chi connectivity index (χ4v) is 5.85. The monoisotopic (exact) mass is 518 g/mol. The lowest BCUT2D eigenvalue weighted by molar-refractivity contribution is -0.122. The summed E-state index contributed by atoms with van der Waals surface area (Å²) in [6, 6.07) is 2.10. The van der Waals surface area contributed by atoms with Crippen LogP contribution in [0.25, 0.3) is 6.08 Å². The number of aromatic nitrogens is 1. The molecule has 0 aliphatic carbocycles. The Bertz CT molecular complexity index is 1100. The van der Waals surface area contributed by atoms with Gasteiger partial charge in [-0.25, -0.2) is 0 Å². The lowest BCUT2D eigenvalue weighted by Gasteiger charge is -2.39. The summed E-state index contributed by atoms with van der Waals surface area (Å²) >= 11 is 6.76. The van der Waals surface area contributed by atoms with Crippen LogP contribution in [0.2, 0.25) is 0 Å². The Kier molecular flexibility index (Phi) is 9.53. The molecule has 0 N–H and O–H groups in total. The van der Waals surface area contributed by atoms with Crippen molar-refractivity contribution in [2.24, 2.45) is 0 Å². The lowest BCUT2D eigenvalue weighted by Crippen LogP contribution is -2.48. The maximum absolute atomic E-state index is 13.3. The third-order valence-corrected chi connectivity index (χ3v) is 7.41. The van der Waals surface area contributed by atoms with Gasteiger partial charge >= 0.3 is 0 Å². The van der Waals surface area contributed by atoms with E-state index in [0.717, 1.165) is 12.2 Å². The summed E-state index contributed by atoms with van der Waals surface area (Å²) in [5.41, 5.74) is 1.10. The van der Waals surface area contributed by atoms with Crippen LogP contribution in [-0.4, -0.2) is 64.8 Å². The van der Waals surface area contributed by atoms with Crippen molar-refractivity contribution < 1.29 is 14.3 Å². The normalized spacial score (nSPS) is 21.8. The fourth-order valence-electron chi connectivity index (χ4n) is 4.56. The van der Waals surface area contributed by atoms with Crippen molar-refractivity contribution in [3.63, 3.8) is 0 Å². The molecule has 3 heterocycles. The molecule has 2 atom stereocenters. The maximum Gasteiger partial charge on any atom is 0.270 e. The van der Waals surface area contributed by atoms with Gasteiger partial charge in [-0.1, -0.05) is 30.9 Å². The molecule has 0 spiro atoms. The maximum atomic E-state index is 13.3. The first kappa shape index (κ1) is 27.4. The summed E-state index contributed by atoms with van der Waals surface area (Å²) in [5, 5.41) is 9.81. The van der Waals surface area contributed by atoms with E-state index in [2.05, 4.69) is 11.0 Å². The molecule has 0 saturated carbocycles. The SMILES string of the molecule is CCCn1c(N2CC(C)OC(C)C2)c(/C=C2\SC(=S)N(CCCOCC)C2=O)c(C)c(C#N)c1=O. The molecular formula is C25H34N4O4S2. The zero-order chi connectivity index (χ0) is 25.7. The lowest BCUT2D eigenvalue weighted by atomic mass is 10.0. The van der Waals surface area contributed by atoms with Crippen molar-refractivity contribution in [1.29, 1.82) is 5.26 Å². The Hall–Kier alpha value is -2.19. The number of hydrogen-bond donors (Lipinski definition) is 0. The zero-order valence-corrected chi connectivity index (χ0v) is 22.8. The Labute approximate surface area is 216 Å². The van der Waals surface area contributed by atoms with Crippen LogP contribution < -0.4 is 10.5 Å². The molecule has 2 aliphatic rings. The fraction of sp³-hybridized carbons (Fsp3) is 0.600. The molecule has 2 aliphatic heterocycles. The third kappa shape index (κ3) is 5.97. The summed E-state index contributed by atoms with van der Waals surface area (Å²) in [5.74, 6) is 0.578. The second kappa shape index (κ2) is 12.2. The van der Waals surface area contributed by atoms with Crippen LogP contribution in [-0.2, 0) is 20.8 Å². The van der Waals surface area contributed by atoms with Gasteiger partial charge in [0.2, 0.25) is 0 Å². The second-order valence-electron chi connectivity index (χ2n) is 8.85. The van der Waals surface area contributed by atoms with Crippen molar-refractivity contribution in [2.75, 3.05) is 37.7 Å². The first-order valence-corrected chi connectivity index (χ1v) is 13.4. The van der Waals surface area contributed by atoms with Crippen molar-refractivity contribution in [2.45, 2.75) is 66.2 Å². The van der Waals surface area contributed by atoms with Gasteiger partial charge in [-0.2, -0.15) is 5.26 Å². The van der Waals surface area contributed by atoms with E-state index < -0.39 is 0 Å². The van der Waals surface area contributed by atoms with E-state index in [1.807, 2.05) is 33.8 Å². The number of ether oxygens (including phenoxy) is 2. The first-order chi connectivity index (χ1) is 16.7. The van der Waals surface area contributed by atoms with Gasteiger partial charge in [-0.3, -0.25) is 19.1 Å². The van der Waals surface area contributed by atoms with Crippen molar-refractivity contribution in [3.8, 4) is 6.07 Å². The number of morpholine rings is 1. The van der Waals surface area contributed by atoms with Gasteiger partial charge in [-0.05, 0) is 52.2 Å². The summed E-state index contributed by atoms with van der Waals surface area (Å²) in [4.78, 5) is 30.8. The smallest absolute Gasteiger partial charge is 0.270 e. The van der Waals surface area contributed by atoms with Crippen LogP contribution in [0.3, 0.4) is 0 Å². The quantitative estimate of drug-likeness (QED) is 0.278. The highest BCUT2D eigenvalue weighted by Crippen LogP contribution is 2.36. The number of rotatable bonds is 9. The summed E-state index contributed by atoms with van der Waals surface area (Å²) in [6.45, 7) is 13.1. The molecule has 2 saturated heterocycles. The number of hydrogen-bond acceptors (Lipinski definition) is 8. The molecule has 2 unspecified atom stereocenters. The molecule has 10 heteroatoms. The number of amides is 1. The summed E-state index contributed by atoms with van der Waals surface area (Å²) in [7, 11) is 0. The van der Waals surface area contributed by atoms with Gasteiger partial charge < -0.3 is 14.4 Å². The van der Waals surface area contributed by atoms with Gasteiger partial charge in [0.1, 0.15) is 21.8 Å². The average molecular weight is 519 g/mol. The van der Waals surface area contributed by atoms with E-state index in [4.69, 9.17) is 21.7 Å². The van der Waals surface area contributed by atoms with Crippen LogP contribution in [0.1, 0.15) is 57.2 Å². The molecule has 2 fully saturated rings. The van der Waals surface area contributed by atoms with E-state index in [0.29, 0.717) is 66.2 Å². The minimum absolute atomic E-state index is 0.0173. The molecule has 35 heavy (non-hydrogen) atoms. The largest absolute Gasteiger partial charge is 0.382 e. The Morgan fingerprint density at radius 1 is 1.23 bits per heavy atom. The van der Waals surface area contributed by atoms with Gasteiger partial charge in [0.15, 0.2) is 0 Å². The number of carbonyl (C=O) groups is 1. The molecule has 0 bridgehead atoms. The van der Waals surface area contributed by atoms with Gasteiger partial charge in [0.05, 0.1) is 17.1 Å². The van der Waals surface area contributed by atoms with E-state index in [9.17, 15) is 14.9 Å². The minimum Gasteiger partial charge on any atom is -0.382 e. The number of anilines is 1. The van der Waals surface area contributed by atoms with E-state index in [1.165, 1.54) is 11.8 Å². The molecule has 190 valence electrons. The van der Waals surface area contributed by atoms with Crippen molar-refractivity contribution in [3.05, 3.63) is 31.9 Å². The molecule has 1 aromatic rings. The standard InChI is InChI=1S/C25H34N4O4S2/c1-6-9-28-22(27-14-16(3)33-17(4)15-27)19(18(5)20(13-26)23(28)30)12-21-24(31)29(25(34)35-21)10-8-11-32-7-2/h12,16-17H,6-11,14-15H2,1-5H3/b21-12-. The van der Waals surface area contributed by atoms with Crippen LogP contribution in [0, 0.1) is 18.3 Å². The molecular weight excluding hydrogens is 484 g/mol. The molecule has 1 aromatic heterocycles. The Morgan fingerprint density at radius 2 is 1.91 bits per heavy atom. The van der Waals surface area contributed by atoms with Crippen molar-refractivity contribution >= 4 is 46.1 Å². The highest BCUT2D eigenvalue weighted by Gasteiger charge is 2.34.